The lowest BCUT2D eigenvalue weighted by Gasteiger charge is -2.34. The number of benzene rings is 1. The van der Waals surface area contributed by atoms with Crippen LogP contribution in [-0.4, -0.2) is 16.3 Å². The summed E-state index contributed by atoms with van der Waals surface area (Å²) in [7, 11) is 0. The van der Waals surface area contributed by atoms with Crippen molar-refractivity contribution in [3.63, 3.8) is 0 Å². The number of hydrogen-bond donors (Lipinski definition) is 0. The van der Waals surface area contributed by atoms with Gasteiger partial charge in [0.25, 0.3) is 0 Å². The van der Waals surface area contributed by atoms with Crippen molar-refractivity contribution in [1.82, 2.24) is 4.98 Å². The molecule has 0 bridgehead atoms. The third-order valence-corrected chi connectivity index (χ3v) is 4.84. The zero-order valence-electron chi connectivity index (χ0n) is 13.4. The summed E-state index contributed by atoms with van der Waals surface area (Å²) in [6.07, 6.45) is 8.16. The molecule has 4 rings (SSSR count). The van der Waals surface area contributed by atoms with Crippen molar-refractivity contribution in [3.8, 4) is 11.3 Å². The molecule has 0 saturated heterocycles. The molecule has 2 heterocycles. The van der Waals surface area contributed by atoms with Crippen LogP contribution in [0.15, 0.2) is 48.3 Å². The topological polar surface area (TPSA) is 34.5 Å². The van der Waals surface area contributed by atoms with E-state index in [0.717, 1.165) is 52.9 Å². The number of oxime groups is 1. The molecule has 2 aliphatic rings. The molecule has 3 nitrogen and oxygen atoms in total. The maximum absolute atomic E-state index is 5.72. The van der Waals surface area contributed by atoms with E-state index in [1.165, 1.54) is 6.42 Å². The van der Waals surface area contributed by atoms with E-state index in [-0.39, 0.29) is 5.60 Å². The Morgan fingerprint density at radius 1 is 1.17 bits per heavy atom. The molecule has 116 valence electrons. The summed E-state index contributed by atoms with van der Waals surface area (Å²) in [5.41, 5.74) is 6.45. The van der Waals surface area contributed by atoms with E-state index in [1.807, 2.05) is 19.2 Å². The summed E-state index contributed by atoms with van der Waals surface area (Å²) >= 11 is 0. The zero-order chi connectivity index (χ0) is 15.9. The molecule has 1 fully saturated rings. The minimum Gasteiger partial charge on any atom is -0.389 e. The quantitative estimate of drug-likeness (QED) is 0.820. The van der Waals surface area contributed by atoms with E-state index in [2.05, 4.69) is 47.1 Å². The SMILES string of the molecule is C=Cc1cc(C2=NOC3(CCC3)C2)cc(-c2ccc(C)cn2)c1. The monoisotopic (exact) mass is 304 g/mol. The molecule has 23 heavy (non-hydrogen) atoms. The summed E-state index contributed by atoms with van der Waals surface area (Å²) < 4.78 is 0. The lowest BCUT2D eigenvalue weighted by atomic mass is 9.76. The Balaban J connectivity index is 1.71. The van der Waals surface area contributed by atoms with E-state index in [0.29, 0.717) is 0 Å². The fourth-order valence-electron chi connectivity index (χ4n) is 3.24. The van der Waals surface area contributed by atoms with Gasteiger partial charge in [0.05, 0.1) is 11.4 Å². The molecule has 1 saturated carbocycles. The fourth-order valence-corrected chi connectivity index (χ4v) is 3.24. The Morgan fingerprint density at radius 2 is 2.00 bits per heavy atom. The summed E-state index contributed by atoms with van der Waals surface area (Å²) in [6.45, 7) is 5.96. The van der Waals surface area contributed by atoms with Gasteiger partial charge < -0.3 is 4.84 Å². The molecule has 0 N–H and O–H groups in total. The Labute approximate surface area is 136 Å². The van der Waals surface area contributed by atoms with Crippen LogP contribution < -0.4 is 0 Å². The average Bonchev–Trinajstić information content (AvgIpc) is 3.01. The lowest BCUT2D eigenvalue weighted by Crippen LogP contribution is -2.36. The van der Waals surface area contributed by atoms with E-state index >= 15 is 0 Å². The standard InChI is InChI=1S/C20H20N2O/c1-3-15-9-16(18-6-5-14(2)13-21-18)11-17(10-15)19-12-20(23-22-19)7-4-8-20/h3,5-6,9-11,13H,1,4,7-8,12H2,2H3. The first-order valence-electron chi connectivity index (χ1n) is 8.13. The number of nitrogens with zero attached hydrogens (tertiary/aromatic N) is 2. The van der Waals surface area contributed by atoms with Crippen molar-refractivity contribution in [2.24, 2.45) is 5.16 Å². The van der Waals surface area contributed by atoms with Crippen molar-refractivity contribution >= 4 is 11.8 Å². The molecule has 1 aromatic carbocycles. The van der Waals surface area contributed by atoms with Crippen LogP contribution in [0.25, 0.3) is 17.3 Å². The van der Waals surface area contributed by atoms with Gasteiger partial charge in [-0.15, -0.1) is 0 Å². The van der Waals surface area contributed by atoms with E-state index < -0.39 is 0 Å². The number of pyridine rings is 1. The Morgan fingerprint density at radius 3 is 2.61 bits per heavy atom. The summed E-state index contributed by atoms with van der Waals surface area (Å²) in [5, 5.41) is 4.37. The third-order valence-electron chi connectivity index (χ3n) is 4.84. The molecule has 2 aromatic rings. The lowest BCUT2D eigenvalue weighted by molar-refractivity contribution is -0.0755. The zero-order valence-corrected chi connectivity index (χ0v) is 13.4. The Kier molecular flexibility index (Phi) is 3.29. The predicted octanol–water partition coefficient (Wildman–Crippen LogP) is 4.75. The molecule has 1 aromatic heterocycles. The first kappa shape index (κ1) is 14.2. The molecular weight excluding hydrogens is 284 g/mol. The van der Waals surface area contributed by atoms with Gasteiger partial charge in [0.2, 0.25) is 0 Å². The van der Waals surface area contributed by atoms with Crippen LogP contribution >= 0.6 is 0 Å². The second-order valence-electron chi connectivity index (χ2n) is 6.61. The van der Waals surface area contributed by atoms with Crippen molar-refractivity contribution in [2.45, 2.75) is 38.2 Å². The van der Waals surface area contributed by atoms with Gasteiger partial charge >= 0.3 is 0 Å². The van der Waals surface area contributed by atoms with Gasteiger partial charge in [-0.1, -0.05) is 23.9 Å². The highest BCUT2D eigenvalue weighted by molar-refractivity contribution is 6.03. The highest BCUT2D eigenvalue weighted by Crippen LogP contribution is 2.43. The van der Waals surface area contributed by atoms with Crippen molar-refractivity contribution < 1.29 is 4.84 Å². The van der Waals surface area contributed by atoms with Crippen LogP contribution in [0.1, 0.15) is 42.4 Å². The maximum atomic E-state index is 5.72. The molecule has 3 heteroatoms. The minimum absolute atomic E-state index is 0.0121. The van der Waals surface area contributed by atoms with Gasteiger partial charge in [0.1, 0.15) is 5.60 Å². The summed E-state index contributed by atoms with van der Waals surface area (Å²) in [4.78, 5) is 10.3. The van der Waals surface area contributed by atoms with Gasteiger partial charge in [0, 0.05) is 23.7 Å². The number of hydrogen-bond acceptors (Lipinski definition) is 3. The largest absolute Gasteiger partial charge is 0.389 e. The smallest absolute Gasteiger partial charge is 0.143 e. The van der Waals surface area contributed by atoms with Gasteiger partial charge in [-0.25, -0.2) is 0 Å². The molecule has 1 aliphatic carbocycles. The molecule has 0 amide bonds. The molecular formula is C20H20N2O. The van der Waals surface area contributed by atoms with Crippen LogP contribution in [0.2, 0.25) is 0 Å². The second kappa shape index (κ2) is 5.34. The van der Waals surface area contributed by atoms with Crippen LogP contribution in [-0.2, 0) is 4.84 Å². The van der Waals surface area contributed by atoms with Gasteiger partial charge in [-0.3, -0.25) is 4.98 Å². The molecule has 0 radical (unpaired) electrons. The first-order chi connectivity index (χ1) is 11.2. The Hall–Kier alpha value is -2.42. The molecule has 0 atom stereocenters. The average molecular weight is 304 g/mol. The van der Waals surface area contributed by atoms with E-state index in [1.54, 1.807) is 0 Å². The van der Waals surface area contributed by atoms with E-state index in [9.17, 15) is 0 Å². The van der Waals surface area contributed by atoms with Gasteiger partial charge in [-0.05, 0) is 61.6 Å². The minimum atomic E-state index is -0.0121. The van der Waals surface area contributed by atoms with Crippen molar-refractivity contribution in [3.05, 3.63) is 59.8 Å². The Bertz CT molecular complexity index is 786. The summed E-state index contributed by atoms with van der Waals surface area (Å²) in [5.74, 6) is 0. The van der Waals surface area contributed by atoms with Gasteiger partial charge in [-0.2, -0.15) is 0 Å². The number of rotatable bonds is 3. The van der Waals surface area contributed by atoms with Crippen molar-refractivity contribution in [1.29, 1.82) is 0 Å². The van der Waals surface area contributed by atoms with Crippen molar-refractivity contribution in [2.75, 3.05) is 0 Å². The van der Waals surface area contributed by atoms with E-state index in [4.69, 9.17) is 4.84 Å². The number of aromatic nitrogens is 1. The number of aryl methyl sites for hydroxylation is 1. The molecule has 1 aliphatic heterocycles. The van der Waals surface area contributed by atoms with Crippen LogP contribution in [0.3, 0.4) is 0 Å². The summed E-state index contributed by atoms with van der Waals surface area (Å²) in [6, 6.07) is 10.5. The van der Waals surface area contributed by atoms with Gasteiger partial charge in [0.15, 0.2) is 0 Å². The van der Waals surface area contributed by atoms with Crippen LogP contribution in [0.5, 0.6) is 0 Å². The normalized spacial score (nSPS) is 18.2. The third kappa shape index (κ3) is 2.56. The fraction of sp³-hybridized carbons (Fsp3) is 0.300. The first-order valence-corrected chi connectivity index (χ1v) is 8.13. The van der Waals surface area contributed by atoms with Crippen LogP contribution in [0, 0.1) is 6.92 Å². The molecule has 1 spiro atoms. The predicted molar refractivity (Wildman–Crippen MR) is 93.3 cm³/mol. The maximum Gasteiger partial charge on any atom is 0.143 e. The highest BCUT2D eigenvalue weighted by atomic mass is 16.7. The molecule has 0 unspecified atom stereocenters. The highest BCUT2D eigenvalue weighted by Gasteiger charge is 2.44. The van der Waals surface area contributed by atoms with Crippen LogP contribution in [0.4, 0.5) is 0 Å². The second-order valence-corrected chi connectivity index (χ2v) is 6.61.